The molecule has 0 saturated heterocycles. The molecule has 0 aliphatic rings. The Labute approximate surface area is 122 Å². The fourth-order valence-electron chi connectivity index (χ4n) is 2.10. The molecule has 0 atom stereocenters. The molecule has 0 fully saturated rings. The number of benzene rings is 2. The zero-order valence-electron chi connectivity index (χ0n) is 11.8. The molecule has 0 aliphatic carbocycles. The lowest BCUT2D eigenvalue weighted by Gasteiger charge is -2.21. The van der Waals surface area contributed by atoms with Gasteiger partial charge in [0.15, 0.2) is 0 Å². The van der Waals surface area contributed by atoms with Gasteiger partial charge in [0.25, 0.3) is 0 Å². The van der Waals surface area contributed by atoms with Crippen LogP contribution in [0, 0.1) is 5.82 Å². The zero-order valence-corrected chi connectivity index (χ0v) is 11.8. The predicted molar refractivity (Wildman–Crippen MR) is 78.5 cm³/mol. The smallest absolute Gasteiger partial charge is 0.337 e. The molecule has 0 aliphatic heterocycles. The van der Waals surface area contributed by atoms with Gasteiger partial charge in [-0.15, -0.1) is 0 Å². The Kier molecular flexibility index (Phi) is 4.42. The van der Waals surface area contributed by atoms with Crippen molar-refractivity contribution in [1.29, 1.82) is 0 Å². The van der Waals surface area contributed by atoms with E-state index in [-0.39, 0.29) is 5.56 Å². The van der Waals surface area contributed by atoms with Crippen molar-refractivity contribution < 1.29 is 19.0 Å². The second-order valence-corrected chi connectivity index (χ2v) is 4.67. The van der Waals surface area contributed by atoms with Gasteiger partial charge in [-0.05, 0) is 35.9 Å². The highest BCUT2D eigenvalue weighted by atomic mass is 19.1. The molecule has 0 saturated carbocycles. The largest absolute Gasteiger partial charge is 0.497 e. The minimum atomic E-state index is -1.15. The third-order valence-corrected chi connectivity index (χ3v) is 3.18. The third-order valence-electron chi connectivity index (χ3n) is 3.18. The standard InChI is InChI=1S/C16H16FNO3/c1-18(10-11-3-6-13(21-2)7-4-11)15-8-5-12(17)9-14(15)16(19)20/h3-9H,10H2,1-2H3,(H,19,20). The number of hydrogen-bond donors (Lipinski definition) is 1. The lowest BCUT2D eigenvalue weighted by molar-refractivity contribution is 0.0697. The number of rotatable bonds is 5. The topological polar surface area (TPSA) is 49.8 Å². The maximum absolute atomic E-state index is 13.2. The summed E-state index contributed by atoms with van der Waals surface area (Å²) in [6, 6.07) is 11.2. The van der Waals surface area contributed by atoms with E-state index in [0.717, 1.165) is 17.4 Å². The molecule has 0 amide bonds. The van der Waals surface area contributed by atoms with Crippen molar-refractivity contribution in [2.75, 3.05) is 19.1 Å². The molecule has 5 heteroatoms. The Morgan fingerprint density at radius 3 is 2.48 bits per heavy atom. The zero-order chi connectivity index (χ0) is 15.4. The van der Waals surface area contributed by atoms with Crippen molar-refractivity contribution >= 4 is 11.7 Å². The molecule has 4 nitrogen and oxygen atoms in total. The first-order valence-corrected chi connectivity index (χ1v) is 6.38. The van der Waals surface area contributed by atoms with E-state index in [4.69, 9.17) is 9.84 Å². The van der Waals surface area contributed by atoms with Crippen LogP contribution in [0.1, 0.15) is 15.9 Å². The Hall–Kier alpha value is -2.56. The van der Waals surface area contributed by atoms with E-state index in [2.05, 4.69) is 0 Å². The van der Waals surface area contributed by atoms with Gasteiger partial charge in [0, 0.05) is 13.6 Å². The van der Waals surface area contributed by atoms with Crippen molar-refractivity contribution in [3.05, 3.63) is 59.4 Å². The maximum Gasteiger partial charge on any atom is 0.337 e. The van der Waals surface area contributed by atoms with Crippen molar-refractivity contribution in [2.45, 2.75) is 6.54 Å². The number of halogens is 1. The molecule has 0 unspecified atom stereocenters. The Morgan fingerprint density at radius 2 is 1.90 bits per heavy atom. The number of aromatic carboxylic acids is 1. The number of nitrogens with zero attached hydrogens (tertiary/aromatic N) is 1. The second kappa shape index (κ2) is 6.26. The van der Waals surface area contributed by atoms with E-state index in [9.17, 15) is 9.18 Å². The van der Waals surface area contributed by atoms with Crippen LogP contribution in [-0.4, -0.2) is 25.2 Å². The number of carboxylic acid groups (broad SMARTS) is 1. The molecule has 2 aromatic carbocycles. The molecule has 0 radical (unpaired) electrons. The molecule has 0 heterocycles. The lowest BCUT2D eigenvalue weighted by Crippen LogP contribution is -2.19. The van der Waals surface area contributed by atoms with E-state index in [1.165, 1.54) is 12.1 Å². The Balaban J connectivity index is 2.23. The van der Waals surface area contributed by atoms with Crippen LogP contribution in [0.25, 0.3) is 0 Å². The van der Waals surface area contributed by atoms with Gasteiger partial charge in [0.1, 0.15) is 11.6 Å². The minimum Gasteiger partial charge on any atom is -0.497 e. The summed E-state index contributed by atoms with van der Waals surface area (Å²) >= 11 is 0. The predicted octanol–water partition coefficient (Wildman–Crippen LogP) is 3.17. The summed E-state index contributed by atoms with van der Waals surface area (Å²) in [6.45, 7) is 0.510. The van der Waals surface area contributed by atoms with Crippen LogP contribution >= 0.6 is 0 Å². The molecule has 1 N–H and O–H groups in total. The maximum atomic E-state index is 13.2. The lowest BCUT2D eigenvalue weighted by atomic mass is 10.1. The van der Waals surface area contributed by atoms with E-state index < -0.39 is 11.8 Å². The summed E-state index contributed by atoms with van der Waals surface area (Å²) in [4.78, 5) is 13.0. The highest BCUT2D eigenvalue weighted by molar-refractivity contribution is 5.94. The van der Waals surface area contributed by atoms with Crippen molar-refractivity contribution in [2.24, 2.45) is 0 Å². The van der Waals surface area contributed by atoms with Crippen LogP contribution in [-0.2, 0) is 6.54 Å². The molecule has 0 spiro atoms. The number of anilines is 1. The number of hydrogen-bond acceptors (Lipinski definition) is 3. The fraction of sp³-hybridized carbons (Fsp3) is 0.188. The molecule has 0 bridgehead atoms. The van der Waals surface area contributed by atoms with Crippen LogP contribution in [0.4, 0.5) is 10.1 Å². The quantitative estimate of drug-likeness (QED) is 0.918. The van der Waals surface area contributed by atoms with Gasteiger partial charge >= 0.3 is 5.97 Å². The Bertz CT molecular complexity index is 640. The van der Waals surface area contributed by atoms with Gasteiger partial charge < -0.3 is 14.7 Å². The van der Waals surface area contributed by atoms with Crippen LogP contribution in [0.2, 0.25) is 0 Å². The van der Waals surface area contributed by atoms with Crippen molar-refractivity contribution in [3.8, 4) is 5.75 Å². The summed E-state index contributed by atoms with van der Waals surface area (Å²) in [5, 5.41) is 9.16. The fourth-order valence-corrected chi connectivity index (χ4v) is 2.10. The van der Waals surface area contributed by atoms with Crippen LogP contribution < -0.4 is 9.64 Å². The first kappa shape index (κ1) is 14.8. The van der Waals surface area contributed by atoms with E-state index in [0.29, 0.717) is 12.2 Å². The van der Waals surface area contributed by atoms with E-state index in [1.54, 1.807) is 19.1 Å². The Morgan fingerprint density at radius 1 is 1.24 bits per heavy atom. The van der Waals surface area contributed by atoms with Crippen LogP contribution in [0.5, 0.6) is 5.75 Å². The van der Waals surface area contributed by atoms with Gasteiger partial charge in [-0.2, -0.15) is 0 Å². The van der Waals surface area contributed by atoms with Gasteiger partial charge in [-0.1, -0.05) is 12.1 Å². The summed E-state index contributed by atoms with van der Waals surface area (Å²) < 4.78 is 18.3. The molecule has 0 aromatic heterocycles. The third kappa shape index (κ3) is 3.51. The number of carbonyl (C=O) groups is 1. The molecular weight excluding hydrogens is 273 g/mol. The summed E-state index contributed by atoms with van der Waals surface area (Å²) in [5.41, 5.74) is 1.42. The van der Waals surface area contributed by atoms with Crippen molar-refractivity contribution in [3.63, 3.8) is 0 Å². The average molecular weight is 289 g/mol. The summed E-state index contributed by atoms with van der Waals surface area (Å²) in [5.74, 6) is -0.950. The minimum absolute atomic E-state index is 0.0500. The number of ether oxygens (including phenoxy) is 1. The molecule has 21 heavy (non-hydrogen) atoms. The average Bonchev–Trinajstić information content (AvgIpc) is 2.47. The summed E-state index contributed by atoms with van der Waals surface area (Å²) in [6.07, 6.45) is 0. The highest BCUT2D eigenvalue weighted by Gasteiger charge is 2.14. The first-order valence-electron chi connectivity index (χ1n) is 6.38. The van der Waals surface area contributed by atoms with E-state index in [1.807, 2.05) is 24.3 Å². The van der Waals surface area contributed by atoms with Crippen molar-refractivity contribution in [1.82, 2.24) is 0 Å². The van der Waals surface area contributed by atoms with Gasteiger partial charge in [0.05, 0.1) is 18.4 Å². The van der Waals surface area contributed by atoms with Crippen LogP contribution in [0.15, 0.2) is 42.5 Å². The summed E-state index contributed by atoms with van der Waals surface area (Å²) in [7, 11) is 3.36. The molecular formula is C16H16FNO3. The molecule has 110 valence electrons. The number of methoxy groups -OCH3 is 1. The van der Waals surface area contributed by atoms with E-state index >= 15 is 0 Å². The molecule has 2 rings (SSSR count). The van der Waals surface area contributed by atoms with Gasteiger partial charge in [-0.25, -0.2) is 9.18 Å². The normalized spacial score (nSPS) is 10.2. The highest BCUT2D eigenvalue weighted by Crippen LogP contribution is 2.23. The second-order valence-electron chi connectivity index (χ2n) is 4.67. The van der Waals surface area contributed by atoms with Gasteiger partial charge in [-0.3, -0.25) is 0 Å². The van der Waals surface area contributed by atoms with Gasteiger partial charge in [0.2, 0.25) is 0 Å². The monoisotopic (exact) mass is 289 g/mol. The van der Waals surface area contributed by atoms with Crippen LogP contribution in [0.3, 0.4) is 0 Å². The SMILES string of the molecule is COc1ccc(CN(C)c2ccc(F)cc2C(=O)O)cc1. The molecule has 2 aromatic rings. The number of carboxylic acids is 1. The first-order chi connectivity index (χ1) is 10.0.